The maximum atomic E-state index is 13.7. The summed E-state index contributed by atoms with van der Waals surface area (Å²) in [5, 5.41) is 1.23. The van der Waals surface area contributed by atoms with Gasteiger partial charge in [0, 0.05) is 4.88 Å². The summed E-state index contributed by atoms with van der Waals surface area (Å²) < 4.78 is 2.90. The summed E-state index contributed by atoms with van der Waals surface area (Å²) in [7, 11) is 0. The van der Waals surface area contributed by atoms with Crippen LogP contribution in [0.1, 0.15) is 32.7 Å². The molecule has 0 bridgehead atoms. The van der Waals surface area contributed by atoms with Gasteiger partial charge in [0.05, 0.1) is 27.7 Å². The molecule has 7 heteroatoms. The predicted molar refractivity (Wildman–Crippen MR) is 131 cm³/mol. The molecular formula is C24H22Cl2N2O2S. The van der Waals surface area contributed by atoms with Crippen LogP contribution in [-0.2, 0) is 6.54 Å². The SMILES string of the molecule is Cc1cc(C)c(Cn2c(=O)n(-c3ccc(Cl)c(Cl)c3)c(=O)c3c(C)c(C)sc32)c(C)c1. The second-order valence-corrected chi connectivity index (χ2v) is 9.97. The van der Waals surface area contributed by atoms with Crippen LogP contribution in [-0.4, -0.2) is 9.13 Å². The highest BCUT2D eigenvalue weighted by Gasteiger charge is 2.21. The van der Waals surface area contributed by atoms with Gasteiger partial charge in [-0.3, -0.25) is 9.36 Å². The number of fused-ring (bicyclic) bond motifs is 1. The van der Waals surface area contributed by atoms with E-state index < -0.39 is 5.69 Å². The topological polar surface area (TPSA) is 44.0 Å². The van der Waals surface area contributed by atoms with Crippen molar-refractivity contribution < 1.29 is 0 Å². The number of benzene rings is 2. The van der Waals surface area contributed by atoms with Gasteiger partial charge in [-0.25, -0.2) is 9.36 Å². The van der Waals surface area contributed by atoms with Crippen LogP contribution in [0.3, 0.4) is 0 Å². The molecule has 4 rings (SSSR count). The summed E-state index contributed by atoms with van der Waals surface area (Å²) in [6.07, 6.45) is 0. The van der Waals surface area contributed by atoms with Gasteiger partial charge in [0.15, 0.2) is 0 Å². The Morgan fingerprint density at radius 1 is 0.903 bits per heavy atom. The molecule has 0 aliphatic rings. The standard InChI is InChI=1S/C24H22Cl2N2O2S/c1-12-8-13(2)18(14(3)9-12)11-27-23-21(15(4)16(5)31-23)22(29)28(24(27)30)17-6-7-19(25)20(26)10-17/h6-10H,11H2,1-5H3. The van der Waals surface area contributed by atoms with E-state index in [1.165, 1.54) is 21.5 Å². The molecule has 4 nitrogen and oxygen atoms in total. The van der Waals surface area contributed by atoms with E-state index in [4.69, 9.17) is 23.2 Å². The summed E-state index contributed by atoms with van der Waals surface area (Å²) >= 11 is 13.7. The first-order valence-electron chi connectivity index (χ1n) is 9.88. The van der Waals surface area contributed by atoms with E-state index in [9.17, 15) is 9.59 Å². The summed E-state index contributed by atoms with van der Waals surface area (Å²) in [4.78, 5) is 28.8. The Hall–Kier alpha value is -2.34. The lowest BCUT2D eigenvalue weighted by atomic mass is 10.00. The Balaban J connectivity index is 2.08. The fourth-order valence-corrected chi connectivity index (χ4v) is 5.50. The molecule has 0 saturated heterocycles. The molecule has 0 atom stereocenters. The van der Waals surface area contributed by atoms with Gasteiger partial charge in [0.2, 0.25) is 0 Å². The zero-order valence-corrected chi connectivity index (χ0v) is 20.3. The smallest absolute Gasteiger partial charge is 0.279 e. The lowest BCUT2D eigenvalue weighted by Gasteiger charge is -2.16. The van der Waals surface area contributed by atoms with Gasteiger partial charge in [-0.2, -0.15) is 0 Å². The van der Waals surface area contributed by atoms with E-state index in [2.05, 4.69) is 32.9 Å². The average Bonchev–Trinajstić information content (AvgIpc) is 2.98. The fraction of sp³-hybridized carbons (Fsp3) is 0.250. The molecule has 0 aliphatic carbocycles. The maximum absolute atomic E-state index is 13.7. The van der Waals surface area contributed by atoms with E-state index in [-0.39, 0.29) is 5.56 Å². The van der Waals surface area contributed by atoms with E-state index in [1.54, 1.807) is 22.8 Å². The number of aromatic nitrogens is 2. The second-order valence-electron chi connectivity index (χ2n) is 7.95. The van der Waals surface area contributed by atoms with Gasteiger partial charge < -0.3 is 0 Å². The first-order valence-corrected chi connectivity index (χ1v) is 11.4. The maximum Gasteiger partial charge on any atom is 0.337 e. The van der Waals surface area contributed by atoms with E-state index in [0.717, 1.165) is 27.1 Å². The molecule has 0 N–H and O–H groups in total. The molecule has 0 aliphatic heterocycles. The van der Waals surface area contributed by atoms with Crippen molar-refractivity contribution in [3.63, 3.8) is 0 Å². The number of nitrogens with zero attached hydrogens (tertiary/aromatic N) is 2. The zero-order chi connectivity index (χ0) is 22.6. The number of halogens is 2. The van der Waals surface area contributed by atoms with Crippen LogP contribution in [0.15, 0.2) is 39.9 Å². The minimum absolute atomic E-state index is 0.292. The van der Waals surface area contributed by atoms with Crippen molar-refractivity contribution in [3.05, 3.63) is 93.9 Å². The van der Waals surface area contributed by atoms with Gasteiger partial charge >= 0.3 is 5.69 Å². The Morgan fingerprint density at radius 3 is 2.16 bits per heavy atom. The third-order valence-electron chi connectivity index (χ3n) is 5.77. The van der Waals surface area contributed by atoms with Crippen LogP contribution in [0, 0.1) is 34.6 Å². The number of rotatable bonds is 3. The Morgan fingerprint density at radius 2 is 1.55 bits per heavy atom. The normalized spacial score (nSPS) is 11.5. The van der Waals surface area contributed by atoms with Crippen LogP contribution in [0.25, 0.3) is 15.9 Å². The Kier molecular flexibility index (Phi) is 5.63. The number of aryl methyl sites for hydroxylation is 5. The van der Waals surface area contributed by atoms with Gasteiger partial charge in [0.1, 0.15) is 4.83 Å². The van der Waals surface area contributed by atoms with Crippen molar-refractivity contribution in [1.82, 2.24) is 9.13 Å². The fourth-order valence-electron chi connectivity index (χ4n) is 4.07. The van der Waals surface area contributed by atoms with E-state index >= 15 is 0 Å². The van der Waals surface area contributed by atoms with Crippen LogP contribution in [0.2, 0.25) is 10.0 Å². The minimum Gasteiger partial charge on any atom is -0.279 e. The van der Waals surface area contributed by atoms with Gasteiger partial charge in [-0.1, -0.05) is 40.9 Å². The van der Waals surface area contributed by atoms with Gasteiger partial charge in [-0.15, -0.1) is 11.3 Å². The monoisotopic (exact) mass is 472 g/mol. The highest BCUT2D eigenvalue weighted by atomic mass is 35.5. The molecule has 31 heavy (non-hydrogen) atoms. The van der Waals surface area contributed by atoms with Gasteiger partial charge in [-0.05, 0) is 75.1 Å². The predicted octanol–water partition coefficient (Wildman–Crippen LogP) is 6.11. The van der Waals surface area contributed by atoms with Crippen molar-refractivity contribution in [3.8, 4) is 5.69 Å². The van der Waals surface area contributed by atoms with E-state index in [0.29, 0.717) is 32.5 Å². The Labute approximate surface area is 194 Å². The molecule has 0 fully saturated rings. The quantitative estimate of drug-likeness (QED) is 0.360. The molecule has 0 amide bonds. The number of hydrogen-bond donors (Lipinski definition) is 0. The van der Waals surface area contributed by atoms with Gasteiger partial charge in [0.25, 0.3) is 5.56 Å². The molecule has 2 aromatic carbocycles. The average molecular weight is 473 g/mol. The largest absolute Gasteiger partial charge is 0.337 e. The first-order chi connectivity index (χ1) is 14.6. The second kappa shape index (κ2) is 7.97. The Bertz CT molecular complexity index is 1450. The summed E-state index contributed by atoms with van der Waals surface area (Å²) in [5.41, 5.74) is 5.07. The van der Waals surface area contributed by atoms with Crippen molar-refractivity contribution in [2.45, 2.75) is 41.2 Å². The molecule has 4 aromatic rings. The van der Waals surface area contributed by atoms with Crippen molar-refractivity contribution in [1.29, 1.82) is 0 Å². The lowest BCUT2D eigenvalue weighted by Crippen LogP contribution is -2.39. The highest BCUT2D eigenvalue weighted by molar-refractivity contribution is 7.18. The molecule has 2 aromatic heterocycles. The molecule has 0 saturated carbocycles. The van der Waals surface area contributed by atoms with Crippen LogP contribution in [0.4, 0.5) is 0 Å². The van der Waals surface area contributed by atoms with Crippen LogP contribution < -0.4 is 11.2 Å². The zero-order valence-electron chi connectivity index (χ0n) is 18.0. The molecular weight excluding hydrogens is 451 g/mol. The lowest BCUT2D eigenvalue weighted by molar-refractivity contribution is 0.713. The highest BCUT2D eigenvalue weighted by Crippen LogP contribution is 2.29. The summed E-state index contributed by atoms with van der Waals surface area (Å²) in [5.74, 6) is 0. The molecule has 0 spiro atoms. The number of hydrogen-bond acceptors (Lipinski definition) is 3. The third kappa shape index (κ3) is 3.65. The molecule has 0 radical (unpaired) electrons. The first kappa shape index (κ1) is 21.9. The van der Waals surface area contributed by atoms with E-state index in [1.807, 2.05) is 13.8 Å². The van der Waals surface area contributed by atoms with Crippen molar-refractivity contribution >= 4 is 44.8 Å². The summed E-state index contributed by atoms with van der Waals surface area (Å²) in [6, 6.07) is 9.03. The van der Waals surface area contributed by atoms with Crippen molar-refractivity contribution in [2.75, 3.05) is 0 Å². The summed E-state index contributed by atoms with van der Waals surface area (Å²) in [6.45, 7) is 10.4. The minimum atomic E-state index is -0.392. The van der Waals surface area contributed by atoms with Crippen LogP contribution >= 0.6 is 34.5 Å². The third-order valence-corrected chi connectivity index (χ3v) is 7.74. The van der Waals surface area contributed by atoms with Crippen molar-refractivity contribution in [2.24, 2.45) is 0 Å². The molecule has 160 valence electrons. The number of thiophene rings is 1. The molecule has 0 unspecified atom stereocenters. The van der Waals surface area contributed by atoms with Crippen LogP contribution in [0.5, 0.6) is 0 Å². The molecule has 2 heterocycles.